The molecule has 4 nitrogen and oxygen atoms in total. The van der Waals surface area contributed by atoms with E-state index in [1.54, 1.807) is 13.8 Å². The van der Waals surface area contributed by atoms with Gasteiger partial charge in [0.25, 0.3) is 0 Å². The second kappa shape index (κ2) is 4.09. The van der Waals surface area contributed by atoms with Gasteiger partial charge in [-0.15, -0.1) is 0 Å². The van der Waals surface area contributed by atoms with E-state index in [0.29, 0.717) is 6.42 Å². The molecule has 2 N–H and O–H groups in total. The van der Waals surface area contributed by atoms with Crippen LogP contribution in [0.25, 0.3) is 0 Å². The van der Waals surface area contributed by atoms with Gasteiger partial charge in [0.2, 0.25) is 0 Å². The minimum absolute atomic E-state index is 0.0875. The number of hydrogen-bond donors (Lipinski definition) is 2. The first-order valence-corrected chi connectivity index (χ1v) is 3.83. The minimum Gasteiger partial charge on any atom is -0.481 e. The lowest BCUT2D eigenvalue weighted by atomic mass is 9.81. The summed E-state index contributed by atoms with van der Waals surface area (Å²) in [5.74, 6) is -1.89. The maximum atomic E-state index is 10.4. The van der Waals surface area contributed by atoms with Crippen LogP contribution in [0.15, 0.2) is 0 Å². The van der Waals surface area contributed by atoms with Gasteiger partial charge >= 0.3 is 11.9 Å². The van der Waals surface area contributed by atoms with Crippen molar-refractivity contribution in [3.63, 3.8) is 0 Å². The lowest BCUT2D eigenvalue weighted by Gasteiger charge is -2.23. The van der Waals surface area contributed by atoms with Crippen LogP contribution in [0.1, 0.15) is 33.1 Å². The Kier molecular flexibility index (Phi) is 3.73. The zero-order valence-electron chi connectivity index (χ0n) is 7.33. The zero-order valence-corrected chi connectivity index (χ0v) is 7.33. The van der Waals surface area contributed by atoms with Crippen molar-refractivity contribution in [2.45, 2.75) is 33.1 Å². The van der Waals surface area contributed by atoms with Crippen LogP contribution in [0.4, 0.5) is 0 Å². The largest absolute Gasteiger partial charge is 0.481 e. The quantitative estimate of drug-likeness (QED) is 0.659. The Bertz CT molecular complexity index is 169. The van der Waals surface area contributed by atoms with Gasteiger partial charge in [-0.1, -0.05) is 13.8 Å². The van der Waals surface area contributed by atoms with Crippen LogP contribution in [0.2, 0.25) is 0 Å². The van der Waals surface area contributed by atoms with Crippen molar-refractivity contribution in [3.05, 3.63) is 0 Å². The highest BCUT2D eigenvalue weighted by Gasteiger charge is 2.28. The molecule has 0 bridgehead atoms. The number of carbonyl (C=O) groups is 2. The van der Waals surface area contributed by atoms with Crippen molar-refractivity contribution in [2.75, 3.05) is 0 Å². The maximum Gasteiger partial charge on any atom is 0.303 e. The second-order valence-electron chi connectivity index (χ2n) is 3.31. The van der Waals surface area contributed by atoms with E-state index < -0.39 is 17.4 Å². The fraction of sp³-hybridized carbons (Fsp3) is 0.750. The molecule has 0 unspecified atom stereocenters. The molecule has 0 saturated carbocycles. The summed E-state index contributed by atoms with van der Waals surface area (Å²) < 4.78 is 0. The van der Waals surface area contributed by atoms with E-state index in [4.69, 9.17) is 10.2 Å². The lowest BCUT2D eigenvalue weighted by Crippen LogP contribution is -2.23. The van der Waals surface area contributed by atoms with Crippen LogP contribution in [0.5, 0.6) is 0 Å². The summed E-state index contributed by atoms with van der Waals surface area (Å²) in [6, 6.07) is 0. The highest BCUT2D eigenvalue weighted by atomic mass is 16.4. The number of aliphatic carboxylic acids is 2. The van der Waals surface area contributed by atoms with E-state index in [2.05, 4.69) is 0 Å². The molecule has 0 rings (SSSR count). The second-order valence-corrected chi connectivity index (χ2v) is 3.31. The molecule has 0 atom stereocenters. The van der Waals surface area contributed by atoms with Gasteiger partial charge in [-0.3, -0.25) is 9.59 Å². The third kappa shape index (κ3) is 3.95. The van der Waals surface area contributed by atoms with Gasteiger partial charge in [-0.2, -0.15) is 0 Å². The summed E-state index contributed by atoms with van der Waals surface area (Å²) in [4.78, 5) is 20.7. The van der Waals surface area contributed by atoms with Crippen molar-refractivity contribution in [1.29, 1.82) is 0 Å². The van der Waals surface area contributed by atoms with Gasteiger partial charge in [0.05, 0.1) is 12.8 Å². The summed E-state index contributed by atoms with van der Waals surface area (Å²) in [5.41, 5.74) is -0.613. The van der Waals surface area contributed by atoms with Crippen molar-refractivity contribution in [2.24, 2.45) is 5.41 Å². The number of hydrogen-bond acceptors (Lipinski definition) is 2. The van der Waals surface area contributed by atoms with Crippen molar-refractivity contribution in [1.82, 2.24) is 0 Å². The van der Waals surface area contributed by atoms with E-state index in [9.17, 15) is 9.59 Å². The van der Waals surface area contributed by atoms with Crippen LogP contribution in [-0.2, 0) is 9.59 Å². The van der Waals surface area contributed by atoms with Gasteiger partial charge in [0.1, 0.15) is 0 Å². The molecule has 0 spiro atoms. The minimum atomic E-state index is -0.944. The number of rotatable bonds is 5. The molecule has 0 fully saturated rings. The van der Waals surface area contributed by atoms with Gasteiger partial charge in [0, 0.05) is 0 Å². The summed E-state index contributed by atoms with van der Waals surface area (Å²) >= 11 is 0. The molecular weight excluding hydrogens is 160 g/mol. The smallest absolute Gasteiger partial charge is 0.303 e. The van der Waals surface area contributed by atoms with Gasteiger partial charge in [-0.05, 0) is 11.8 Å². The molecule has 4 heteroatoms. The fourth-order valence-electron chi connectivity index (χ4n) is 1.04. The van der Waals surface area contributed by atoms with Crippen LogP contribution in [0.3, 0.4) is 0 Å². The maximum absolute atomic E-state index is 10.4. The summed E-state index contributed by atoms with van der Waals surface area (Å²) in [6.45, 7) is 3.47. The zero-order chi connectivity index (χ0) is 9.78. The van der Waals surface area contributed by atoms with E-state index in [1.807, 2.05) is 0 Å². The van der Waals surface area contributed by atoms with E-state index in [-0.39, 0.29) is 12.8 Å². The Labute approximate surface area is 71.2 Å². The predicted molar refractivity (Wildman–Crippen MR) is 42.9 cm³/mol. The number of carboxylic acid groups (broad SMARTS) is 2. The SMILES string of the molecule is CCC(C)(CC(=O)O)CC(=O)O. The fourth-order valence-corrected chi connectivity index (χ4v) is 1.04. The van der Waals surface area contributed by atoms with Crippen LogP contribution in [-0.4, -0.2) is 22.2 Å². The monoisotopic (exact) mass is 174 g/mol. The molecule has 0 heterocycles. The molecule has 0 radical (unpaired) electrons. The average Bonchev–Trinajstić information content (AvgIpc) is 1.83. The summed E-state index contributed by atoms with van der Waals surface area (Å²) in [6.07, 6.45) is 0.386. The van der Waals surface area contributed by atoms with E-state index >= 15 is 0 Å². The van der Waals surface area contributed by atoms with Crippen LogP contribution >= 0.6 is 0 Å². The summed E-state index contributed by atoms with van der Waals surface area (Å²) in [5, 5.41) is 17.0. The van der Waals surface area contributed by atoms with Gasteiger partial charge in [-0.25, -0.2) is 0 Å². The molecule has 0 aromatic carbocycles. The molecule has 0 aliphatic carbocycles. The first-order valence-electron chi connectivity index (χ1n) is 3.83. The van der Waals surface area contributed by atoms with Crippen molar-refractivity contribution in [3.8, 4) is 0 Å². The Balaban J connectivity index is 4.23. The molecule has 0 aromatic rings. The third-order valence-electron chi connectivity index (χ3n) is 2.01. The van der Waals surface area contributed by atoms with Crippen LogP contribution in [0, 0.1) is 5.41 Å². The topological polar surface area (TPSA) is 74.6 Å². The molecule has 12 heavy (non-hydrogen) atoms. The first kappa shape index (κ1) is 10.9. The van der Waals surface area contributed by atoms with Gasteiger partial charge < -0.3 is 10.2 Å². The first-order chi connectivity index (χ1) is 5.39. The lowest BCUT2D eigenvalue weighted by molar-refractivity contribution is -0.143. The molecular formula is C8H14O4. The average molecular weight is 174 g/mol. The molecule has 0 aromatic heterocycles. The predicted octanol–water partition coefficient (Wildman–Crippen LogP) is 1.35. The summed E-state index contributed by atoms with van der Waals surface area (Å²) in [7, 11) is 0. The highest BCUT2D eigenvalue weighted by molar-refractivity contribution is 5.71. The van der Waals surface area contributed by atoms with E-state index in [1.165, 1.54) is 0 Å². The third-order valence-corrected chi connectivity index (χ3v) is 2.01. The standard InChI is InChI=1S/C8H14O4/c1-3-8(2,4-6(9)10)5-7(11)12/h3-5H2,1-2H3,(H,9,10)(H,11,12). The molecule has 0 aliphatic rings. The van der Waals surface area contributed by atoms with Crippen molar-refractivity contribution >= 4 is 11.9 Å². The van der Waals surface area contributed by atoms with Gasteiger partial charge in [0.15, 0.2) is 0 Å². The Morgan fingerprint density at radius 1 is 1.17 bits per heavy atom. The highest BCUT2D eigenvalue weighted by Crippen LogP contribution is 2.29. The Hall–Kier alpha value is -1.06. The normalized spacial score (nSPS) is 11.2. The molecule has 0 saturated heterocycles. The van der Waals surface area contributed by atoms with Crippen LogP contribution < -0.4 is 0 Å². The Morgan fingerprint density at radius 2 is 1.50 bits per heavy atom. The molecule has 70 valence electrons. The van der Waals surface area contributed by atoms with E-state index in [0.717, 1.165) is 0 Å². The Morgan fingerprint density at radius 3 is 1.67 bits per heavy atom. The number of carboxylic acids is 2. The molecule has 0 amide bonds. The van der Waals surface area contributed by atoms with Crippen molar-refractivity contribution < 1.29 is 19.8 Å². The molecule has 0 aliphatic heterocycles.